The maximum Gasteiger partial charge on any atom is 0.149 e. The predicted octanol–water partition coefficient (Wildman–Crippen LogP) is 2.09. The maximum atomic E-state index is 8.68. The molecule has 86 valence electrons. The molecule has 0 radical (unpaired) electrons. The third-order valence-electron chi connectivity index (χ3n) is 2.00. The molecule has 4 nitrogen and oxygen atoms in total. The summed E-state index contributed by atoms with van der Waals surface area (Å²) >= 11 is 1.87. The summed E-state index contributed by atoms with van der Waals surface area (Å²) in [5.41, 5.74) is 6.80. The highest BCUT2D eigenvalue weighted by Gasteiger charge is 2.06. The second-order valence-corrected chi connectivity index (χ2v) is 4.80. The van der Waals surface area contributed by atoms with Crippen LogP contribution in [0.15, 0.2) is 12.3 Å². The lowest BCUT2D eigenvalue weighted by molar-refractivity contribution is 0.903. The molecule has 0 aliphatic carbocycles. The van der Waals surface area contributed by atoms with Crippen LogP contribution in [0.25, 0.3) is 0 Å². The third kappa shape index (κ3) is 3.63. The maximum absolute atomic E-state index is 8.68. The van der Waals surface area contributed by atoms with Gasteiger partial charge in [-0.05, 0) is 18.7 Å². The summed E-state index contributed by atoms with van der Waals surface area (Å²) in [6.45, 7) is 4.22. The number of aromatic nitrogens is 1. The lowest BCUT2D eigenvalue weighted by Crippen LogP contribution is -2.19. The topological polar surface area (TPSA) is 74.7 Å². The minimum atomic E-state index is 0.313. The Morgan fingerprint density at radius 3 is 3.00 bits per heavy atom. The molecule has 1 heterocycles. The number of anilines is 2. The highest BCUT2D eigenvalue weighted by molar-refractivity contribution is 7.99. The standard InChI is InChI=1S/C11H16N4S/c1-3-16-7-8(2)15-11-10(13)4-9(5-12)6-14-11/h4,6,8H,3,7,13H2,1-2H3,(H,14,15). The summed E-state index contributed by atoms with van der Waals surface area (Å²) in [5, 5.41) is 11.9. The van der Waals surface area contributed by atoms with Crippen LogP contribution < -0.4 is 11.1 Å². The molecule has 0 bridgehead atoms. The average molecular weight is 236 g/mol. The number of hydrogen-bond acceptors (Lipinski definition) is 5. The van der Waals surface area contributed by atoms with Crippen molar-refractivity contribution in [3.05, 3.63) is 17.8 Å². The summed E-state index contributed by atoms with van der Waals surface area (Å²) in [6, 6.07) is 3.95. The Labute approximate surface area is 100 Å². The predicted molar refractivity (Wildman–Crippen MR) is 69.4 cm³/mol. The van der Waals surface area contributed by atoms with E-state index in [9.17, 15) is 0 Å². The molecule has 0 aromatic carbocycles. The molecular weight excluding hydrogens is 220 g/mol. The molecule has 0 amide bonds. The molecule has 0 saturated carbocycles. The molecular formula is C11H16N4S. The van der Waals surface area contributed by atoms with Gasteiger partial charge in [0.05, 0.1) is 11.3 Å². The van der Waals surface area contributed by atoms with Crippen LogP contribution >= 0.6 is 11.8 Å². The largest absolute Gasteiger partial charge is 0.396 e. The van der Waals surface area contributed by atoms with Gasteiger partial charge in [0.2, 0.25) is 0 Å². The number of nitrogens with one attached hydrogen (secondary N) is 1. The molecule has 0 spiro atoms. The molecule has 5 heteroatoms. The first-order chi connectivity index (χ1) is 7.67. The lowest BCUT2D eigenvalue weighted by Gasteiger charge is -2.15. The molecule has 1 aromatic heterocycles. The van der Waals surface area contributed by atoms with Gasteiger partial charge in [0, 0.05) is 18.0 Å². The van der Waals surface area contributed by atoms with Crippen molar-refractivity contribution in [2.45, 2.75) is 19.9 Å². The molecule has 1 aromatic rings. The molecule has 0 aliphatic heterocycles. The zero-order valence-corrected chi connectivity index (χ0v) is 10.3. The van der Waals surface area contributed by atoms with Crippen LogP contribution in [0.2, 0.25) is 0 Å². The number of nitrogens with two attached hydrogens (primary N) is 1. The van der Waals surface area contributed by atoms with Crippen LogP contribution in [-0.4, -0.2) is 22.5 Å². The van der Waals surface area contributed by atoms with Crippen molar-refractivity contribution in [3.8, 4) is 6.07 Å². The van der Waals surface area contributed by atoms with Crippen LogP contribution in [-0.2, 0) is 0 Å². The Bertz CT molecular complexity index is 386. The summed E-state index contributed by atoms with van der Waals surface area (Å²) in [7, 11) is 0. The van der Waals surface area contributed by atoms with Crippen molar-refractivity contribution >= 4 is 23.3 Å². The fraction of sp³-hybridized carbons (Fsp3) is 0.455. The molecule has 0 saturated heterocycles. The van der Waals surface area contributed by atoms with Gasteiger partial charge in [0.25, 0.3) is 0 Å². The number of nitrogen functional groups attached to an aromatic ring is 1. The smallest absolute Gasteiger partial charge is 0.149 e. The normalized spacial score (nSPS) is 11.8. The average Bonchev–Trinajstić information content (AvgIpc) is 2.29. The molecule has 1 atom stereocenters. The first-order valence-corrected chi connectivity index (χ1v) is 6.32. The van der Waals surface area contributed by atoms with E-state index in [2.05, 4.69) is 24.1 Å². The van der Waals surface area contributed by atoms with E-state index in [1.54, 1.807) is 6.07 Å². The van der Waals surface area contributed by atoms with E-state index >= 15 is 0 Å². The van der Waals surface area contributed by atoms with Crippen molar-refractivity contribution in [2.75, 3.05) is 22.6 Å². The number of thioether (sulfide) groups is 1. The molecule has 0 aliphatic rings. The van der Waals surface area contributed by atoms with E-state index in [0.717, 1.165) is 11.5 Å². The van der Waals surface area contributed by atoms with E-state index in [0.29, 0.717) is 23.1 Å². The summed E-state index contributed by atoms with van der Waals surface area (Å²) in [4.78, 5) is 4.13. The highest BCUT2D eigenvalue weighted by Crippen LogP contribution is 2.17. The number of nitriles is 1. The van der Waals surface area contributed by atoms with E-state index < -0.39 is 0 Å². The molecule has 16 heavy (non-hydrogen) atoms. The van der Waals surface area contributed by atoms with Gasteiger partial charge in [0.1, 0.15) is 11.9 Å². The first kappa shape index (κ1) is 12.7. The first-order valence-electron chi connectivity index (χ1n) is 5.17. The fourth-order valence-corrected chi connectivity index (χ4v) is 1.91. The molecule has 1 unspecified atom stereocenters. The van der Waals surface area contributed by atoms with Crippen molar-refractivity contribution < 1.29 is 0 Å². The minimum Gasteiger partial charge on any atom is -0.396 e. The number of pyridine rings is 1. The van der Waals surface area contributed by atoms with Crippen molar-refractivity contribution in [3.63, 3.8) is 0 Å². The van der Waals surface area contributed by atoms with Gasteiger partial charge in [-0.2, -0.15) is 17.0 Å². The Morgan fingerprint density at radius 2 is 2.44 bits per heavy atom. The van der Waals surface area contributed by atoms with Gasteiger partial charge in [-0.15, -0.1) is 0 Å². The van der Waals surface area contributed by atoms with Gasteiger partial charge in [-0.1, -0.05) is 6.92 Å². The van der Waals surface area contributed by atoms with Crippen molar-refractivity contribution in [1.82, 2.24) is 4.98 Å². The van der Waals surface area contributed by atoms with Gasteiger partial charge in [0.15, 0.2) is 0 Å². The summed E-state index contributed by atoms with van der Waals surface area (Å²) < 4.78 is 0. The second-order valence-electron chi connectivity index (χ2n) is 3.48. The van der Waals surface area contributed by atoms with Crippen LogP contribution in [0.4, 0.5) is 11.5 Å². The summed E-state index contributed by atoms with van der Waals surface area (Å²) in [5.74, 6) is 2.77. The van der Waals surface area contributed by atoms with Crippen LogP contribution in [0, 0.1) is 11.3 Å². The number of rotatable bonds is 5. The van der Waals surface area contributed by atoms with E-state index in [4.69, 9.17) is 11.0 Å². The zero-order chi connectivity index (χ0) is 12.0. The SMILES string of the molecule is CCSCC(C)Nc1ncc(C#N)cc1N. The van der Waals surface area contributed by atoms with Crippen LogP contribution in [0.3, 0.4) is 0 Å². The quantitative estimate of drug-likeness (QED) is 0.818. The minimum absolute atomic E-state index is 0.313. The van der Waals surface area contributed by atoms with Gasteiger partial charge >= 0.3 is 0 Å². The Balaban J connectivity index is 2.64. The summed E-state index contributed by atoms with van der Waals surface area (Å²) in [6.07, 6.45) is 1.53. The van der Waals surface area contributed by atoms with Gasteiger partial charge in [-0.3, -0.25) is 0 Å². The van der Waals surface area contributed by atoms with Crippen LogP contribution in [0.5, 0.6) is 0 Å². The second kappa shape index (κ2) is 6.23. The van der Waals surface area contributed by atoms with Crippen molar-refractivity contribution in [2.24, 2.45) is 0 Å². The van der Waals surface area contributed by atoms with E-state index in [1.807, 2.05) is 17.8 Å². The van der Waals surface area contributed by atoms with E-state index in [-0.39, 0.29) is 0 Å². The molecule has 3 N–H and O–H groups in total. The molecule has 1 rings (SSSR count). The number of hydrogen-bond donors (Lipinski definition) is 2. The monoisotopic (exact) mass is 236 g/mol. The van der Waals surface area contributed by atoms with Gasteiger partial charge < -0.3 is 11.1 Å². The lowest BCUT2D eigenvalue weighted by atomic mass is 10.2. The third-order valence-corrected chi connectivity index (χ3v) is 3.15. The highest BCUT2D eigenvalue weighted by atomic mass is 32.2. The van der Waals surface area contributed by atoms with Crippen molar-refractivity contribution in [1.29, 1.82) is 5.26 Å². The van der Waals surface area contributed by atoms with Crippen LogP contribution in [0.1, 0.15) is 19.4 Å². The Hall–Kier alpha value is -1.41. The number of nitrogens with zero attached hydrogens (tertiary/aromatic N) is 2. The molecule has 0 fully saturated rings. The van der Waals surface area contributed by atoms with E-state index in [1.165, 1.54) is 6.20 Å². The van der Waals surface area contributed by atoms with Gasteiger partial charge in [-0.25, -0.2) is 4.98 Å². The zero-order valence-electron chi connectivity index (χ0n) is 9.53. The Kier molecular flexibility index (Phi) is 4.93. The Morgan fingerprint density at radius 1 is 1.69 bits per heavy atom. The fourth-order valence-electron chi connectivity index (χ4n) is 1.23.